The van der Waals surface area contributed by atoms with E-state index in [0.29, 0.717) is 11.5 Å². The molecule has 0 radical (unpaired) electrons. The molecular weight excluding hydrogens is 753 g/mol. The summed E-state index contributed by atoms with van der Waals surface area (Å²) in [6.07, 6.45) is -5.66. The van der Waals surface area contributed by atoms with E-state index in [1.54, 1.807) is 60.3 Å². The van der Waals surface area contributed by atoms with E-state index in [1.807, 2.05) is 78.9 Å². The van der Waals surface area contributed by atoms with E-state index in [9.17, 15) is 9.59 Å². The van der Waals surface area contributed by atoms with Gasteiger partial charge in [-0.1, -0.05) is 54.6 Å². The third-order valence-electron chi connectivity index (χ3n) is 9.21. The molecular formula is C43H54N2O11S. The number of rotatable bonds is 18. The fourth-order valence-corrected chi connectivity index (χ4v) is 7.37. The Hall–Kier alpha value is -4.41. The van der Waals surface area contributed by atoms with E-state index in [4.69, 9.17) is 54.8 Å². The molecule has 308 valence electrons. The molecule has 0 aliphatic carbocycles. The molecule has 57 heavy (non-hydrogen) atoms. The minimum absolute atomic E-state index is 0.0465. The summed E-state index contributed by atoms with van der Waals surface area (Å²) in [7, 11) is 4.71. The predicted octanol–water partition coefficient (Wildman–Crippen LogP) is 7.09. The number of esters is 1. The summed E-state index contributed by atoms with van der Waals surface area (Å²) in [5, 5.41) is 0. The minimum atomic E-state index is -2.03. The van der Waals surface area contributed by atoms with Crippen molar-refractivity contribution in [3.63, 3.8) is 0 Å². The van der Waals surface area contributed by atoms with Gasteiger partial charge in [0.2, 0.25) is 0 Å². The van der Waals surface area contributed by atoms with E-state index >= 15 is 0 Å². The summed E-state index contributed by atoms with van der Waals surface area (Å²) >= 11 is 6.04. The van der Waals surface area contributed by atoms with E-state index < -0.39 is 66.1 Å². The molecule has 0 bridgehead atoms. The maximum Gasteiger partial charge on any atom is 0.386 e. The van der Waals surface area contributed by atoms with Crippen LogP contribution in [0.1, 0.15) is 71.4 Å². The van der Waals surface area contributed by atoms with Crippen LogP contribution >= 0.6 is 12.2 Å². The number of methoxy groups -OCH3 is 3. The summed E-state index contributed by atoms with van der Waals surface area (Å²) in [6, 6.07) is 26.4. The largest absolute Gasteiger partial charge is 0.497 e. The van der Waals surface area contributed by atoms with Gasteiger partial charge in [-0.3, -0.25) is 14.2 Å². The van der Waals surface area contributed by atoms with Gasteiger partial charge in [0.15, 0.2) is 17.1 Å². The van der Waals surface area contributed by atoms with Crippen molar-refractivity contribution in [2.45, 2.75) is 103 Å². The molecule has 5 rings (SSSR count). The Bertz CT molecular complexity index is 1960. The van der Waals surface area contributed by atoms with Crippen LogP contribution in [0.15, 0.2) is 95.9 Å². The number of aromatic nitrogens is 2. The van der Waals surface area contributed by atoms with Gasteiger partial charge in [0.1, 0.15) is 29.3 Å². The maximum atomic E-state index is 13.8. The summed E-state index contributed by atoms with van der Waals surface area (Å²) in [4.78, 5) is 26.5. The third-order valence-corrected chi connectivity index (χ3v) is 9.60. The number of ether oxygens (including phenoxy) is 9. The quantitative estimate of drug-likeness (QED) is 0.0441. The van der Waals surface area contributed by atoms with E-state index in [-0.39, 0.29) is 11.4 Å². The van der Waals surface area contributed by atoms with Crippen LogP contribution in [0.25, 0.3) is 0 Å². The molecule has 4 atom stereocenters. The van der Waals surface area contributed by atoms with Crippen molar-refractivity contribution in [3.05, 3.63) is 123 Å². The van der Waals surface area contributed by atoms with Crippen LogP contribution in [0.2, 0.25) is 0 Å². The molecule has 1 saturated heterocycles. The zero-order valence-corrected chi connectivity index (χ0v) is 35.0. The van der Waals surface area contributed by atoms with Crippen molar-refractivity contribution in [1.82, 2.24) is 9.13 Å². The van der Waals surface area contributed by atoms with Crippen molar-refractivity contribution in [2.75, 3.05) is 27.9 Å². The molecule has 3 aromatic carbocycles. The lowest BCUT2D eigenvalue weighted by Gasteiger charge is -2.38. The zero-order valence-electron chi connectivity index (χ0n) is 34.2. The highest BCUT2D eigenvalue weighted by Crippen LogP contribution is 2.43. The van der Waals surface area contributed by atoms with Crippen molar-refractivity contribution in [3.8, 4) is 11.5 Å². The van der Waals surface area contributed by atoms with Gasteiger partial charge in [-0.15, -0.1) is 0 Å². The van der Waals surface area contributed by atoms with Crippen LogP contribution in [0, 0.1) is 4.77 Å². The van der Waals surface area contributed by atoms with Gasteiger partial charge >= 0.3 is 12.1 Å². The van der Waals surface area contributed by atoms with Gasteiger partial charge in [0, 0.05) is 26.3 Å². The molecule has 1 aliphatic heterocycles. The first-order valence-corrected chi connectivity index (χ1v) is 19.3. The van der Waals surface area contributed by atoms with Gasteiger partial charge in [0.05, 0.1) is 39.1 Å². The van der Waals surface area contributed by atoms with Crippen LogP contribution in [-0.2, 0) is 49.7 Å². The predicted molar refractivity (Wildman–Crippen MR) is 215 cm³/mol. The fourth-order valence-electron chi connectivity index (χ4n) is 7.01. The van der Waals surface area contributed by atoms with Gasteiger partial charge in [-0.2, -0.15) is 0 Å². The number of nitrogens with zero attached hydrogens (tertiary/aromatic N) is 2. The highest BCUT2D eigenvalue weighted by molar-refractivity contribution is 7.71. The lowest BCUT2D eigenvalue weighted by atomic mass is 9.80. The van der Waals surface area contributed by atoms with Crippen LogP contribution in [0.4, 0.5) is 0 Å². The number of hydrogen-bond donors (Lipinski definition) is 0. The van der Waals surface area contributed by atoms with Crippen molar-refractivity contribution in [2.24, 2.45) is 0 Å². The van der Waals surface area contributed by atoms with E-state index in [2.05, 4.69) is 0 Å². The average molecular weight is 807 g/mol. The fraction of sp³-hybridized carbons (Fsp3) is 0.465. The van der Waals surface area contributed by atoms with Crippen molar-refractivity contribution >= 4 is 18.2 Å². The standard InChI is InChI=1S/C43H54N2O11S/c1-27(2)54-43(55-28(3)4,56-29(5)6)45-37(47)24-25-44(41(45)57)40-39(50-10)38(52-30(7)46)36(53-40)26-51-42(31-14-12-11-13-15-31,32-16-20-34(48-8)21-17-32)33-18-22-35(49-9)23-19-33/h11-25,27-29,36,38-40H,26H2,1-10H3/t36-,38-,39-,40-/m1/s1. The molecule has 0 unspecified atom stereocenters. The van der Waals surface area contributed by atoms with Crippen LogP contribution in [0.5, 0.6) is 11.5 Å². The number of carbonyl (C=O) groups is 1. The van der Waals surface area contributed by atoms with Gasteiger partial charge in [0.25, 0.3) is 5.56 Å². The highest BCUT2D eigenvalue weighted by atomic mass is 32.1. The van der Waals surface area contributed by atoms with Gasteiger partial charge in [-0.05, 0) is 94.7 Å². The molecule has 1 aliphatic rings. The van der Waals surface area contributed by atoms with Gasteiger partial charge < -0.3 is 42.6 Å². The Morgan fingerprint density at radius 2 is 1.23 bits per heavy atom. The van der Waals surface area contributed by atoms with E-state index in [1.165, 1.54) is 26.3 Å². The second-order valence-electron chi connectivity index (χ2n) is 14.4. The van der Waals surface area contributed by atoms with E-state index in [0.717, 1.165) is 21.3 Å². The summed E-state index contributed by atoms with van der Waals surface area (Å²) in [6.45, 7) is 12.0. The molecule has 0 amide bonds. The first-order chi connectivity index (χ1) is 27.2. The first-order valence-electron chi connectivity index (χ1n) is 18.9. The Morgan fingerprint density at radius 3 is 1.67 bits per heavy atom. The highest BCUT2D eigenvalue weighted by Gasteiger charge is 2.51. The SMILES string of the molecule is COc1ccc(C(OC[C@H]2O[C@@H](n3ccc(=O)n(C(OC(C)C)(OC(C)C)OC(C)C)c3=S)[C@H](OC)[C@@H]2OC(C)=O)(c2ccccc2)c2ccc(OC)cc2)cc1. The molecule has 0 spiro atoms. The third kappa shape index (κ3) is 9.50. The average Bonchev–Trinajstić information content (AvgIpc) is 3.50. The molecule has 13 nitrogen and oxygen atoms in total. The summed E-state index contributed by atoms with van der Waals surface area (Å²) in [5.41, 5.74) is 0.686. The molecule has 14 heteroatoms. The normalized spacial score (nSPS) is 18.7. The summed E-state index contributed by atoms with van der Waals surface area (Å²) < 4.78 is 58.4. The topological polar surface area (TPSA) is 127 Å². The smallest absolute Gasteiger partial charge is 0.386 e. The molecule has 0 N–H and O–H groups in total. The zero-order chi connectivity index (χ0) is 41.5. The second-order valence-corrected chi connectivity index (χ2v) is 14.7. The number of hydrogen-bond acceptors (Lipinski definition) is 12. The Balaban J connectivity index is 1.65. The first kappa shape index (κ1) is 43.7. The number of benzene rings is 3. The van der Waals surface area contributed by atoms with Gasteiger partial charge in [-0.25, -0.2) is 4.57 Å². The van der Waals surface area contributed by atoms with Crippen LogP contribution < -0.4 is 15.0 Å². The van der Waals surface area contributed by atoms with Crippen molar-refractivity contribution < 1.29 is 47.4 Å². The van der Waals surface area contributed by atoms with Crippen molar-refractivity contribution in [1.29, 1.82) is 0 Å². The van der Waals surface area contributed by atoms with Crippen LogP contribution in [0.3, 0.4) is 0 Å². The number of carbonyl (C=O) groups excluding carboxylic acids is 1. The Morgan fingerprint density at radius 1 is 0.737 bits per heavy atom. The molecule has 4 aromatic rings. The Labute approximate surface area is 339 Å². The molecule has 1 aromatic heterocycles. The lowest BCUT2D eigenvalue weighted by molar-refractivity contribution is -0.464. The maximum absolute atomic E-state index is 13.8. The lowest BCUT2D eigenvalue weighted by Crippen LogP contribution is -2.52. The molecule has 1 fully saturated rings. The molecule has 0 saturated carbocycles. The monoisotopic (exact) mass is 806 g/mol. The van der Waals surface area contributed by atoms with Crippen LogP contribution in [-0.4, -0.2) is 79.7 Å². The Kier molecular flexibility index (Phi) is 14.5. The minimum Gasteiger partial charge on any atom is -0.497 e. The molecule has 2 heterocycles. The second kappa shape index (κ2) is 18.9. The summed E-state index contributed by atoms with van der Waals surface area (Å²) in [5.74, 6) is 0.798.